The highest BCUT2D eigenvalue weighted by Gasteiger charge is 2.42. The molecule has 1 aromatic rings. The van der Waals surface area contributed by atoms with Gasteiger partial charge in [-0.05, 0) is 18.9 Å². The van der Waals surface area contributed by atoms with Crippen molar-refractivity contribution in [1.29, 1.82) is 0 Å². The first kappa shape index (κ1) is 9.74. The predicted molar refractivity (Wildman–Crippen MR) is 53.1 cm³/mol. The zero-order valence-corrected chi connectivity index (χ0v) is 8.57. The number of halogens is 2. The lowest BCUT2D eigenvalue weighted by molar-refractivity contribution is 0.410. The number of methoxy groups -OCH3 is 1. The zero-order chi connectivity index (χ0) is 10.3. The van der Waals surface area contributed by atoms with Gasteiger partial charge in [0, 0.05) is 17.2 Å². The quantitative estimate of drug-likeness (QED) is 0.823. The van der Waals surface area contributed by atoms with E-state index in [1.165, 1.54) is 13.2 Å². The molecule has 0 aliphatic heterocycles. The minimum atomic E-state index is -0.500. The molecule has 2 N–H and O–H groups in total. The molecule has 1 aromatic carbocycles. The highest BCUT2D eigenvalue weighted by molar-refractivity contribution is 6.32. The molecule has 0 heterocycles. The molecule has 1 aliphatic carbocycles. The Morgan fingerprint density at radius 2 is 2.14 bits per heavy atom. The van der Waals surface area contributed by atoms with Gasteiger partial charge < -0.3 is 10.5 Å². The van der Waals surface area contributed by atoms with Crippen molar-refractivity contribution >= 4 is 11.6 Å². The Labute approximate surface area is 86.8 Å². The molecule has 1 aliphatic rings. The van der Waals surface area contributed by atoms with Crippen LogP contribution in [0.4, 0.5) is 4.39 Å². The van der Waals surface area contributed by atoms with Gasteiger partial charge in [0.25, 0.3) is 0 Å². The number of rotatable bonds is 2. The van der Waals surface area contributed by atoms with Crippen LogP contribution in [-0.2, 0) is 5.54 Å². The standard InChI is InChI=1S/C10H11ClFNO/c1-14-9-5-8(12)6(4-7(9)11)10(13)2-3-10/h4-5H,2-3,13H2,1H3. The van der Waals surface area contributed by atoms with Crippen LogP contribution in [0, 0.1) is 5.82 Å². The van der Waals surface area contributed by atoms with E-state index in [1.807, 2.05) is 0 Å². The average molecular weight is 216 g/mol. The molecule has 76 valence electrons. The van der Waals surface area contributed by atoms with Crippen molar-refractivity contribution in [3.05, 3.63) is 28.5 Å². The van der Waals surface area contributed by atoms with Crippen LogP contribution in [0.15, 0.2) is 12.1 Å². The van der Waals surface area contributed by atoms with Gasteiger partial charge in [-0.25, -0.2) is 4.39 Å². The van der Waals surface area contributed by atoms with Crippen molar-refractivity contribution in [2.45, 2.75) is 18.4 Å². The first-order valence-electron chi connectivity index (χ1n) is 4.39. The van der Waals surface area contributed by atoms with Crippen LogP contribution in [0.25, 0.3) is 0 Å². The molecule has 0 saturated heterocycles. The third kappa shape index (κ3) is 1.47. The zero-order valence-electron chi connectivity index (χ0n) is 7.81. The van der Waals surface area contributed by atoms with Crippen LogP contribution in [-0.4, -0.2) is 7.11 Å². The Balaban J connectivity index is 2.48. The van der Waals surface area contributed by atoms with Crippen molar-refractivity contribution in [2.75, 3.05) is 7.11 Å². The van der Waals surface area contributed by atoms with Gasteiger partial charge in [-0.3, -0.25) is 0 Å². The lowest BCUT2D eigenvalue weighted by Crippen LogP contribution is -2.20. The summed E-state index contributed by atoms with van der Waals surface area (Å²) in [5.41, 5.74) is 5.88. The summed E-state index contributed by atoms with van der Waals surface area (Å²) < 4.78 is 18.4. The van der Waals surface area contributed by atoms with Crippen LogP contribution in [0.5, 0.6) is 5.75 Å². The fourth-order valence-electron chi connectivity index (χ4n) is 1.47. The van der Waals surface area contributed by atoms with Crippen LogP contribution < -0.4 is 10.5 Å². The van der Waals surface area contributed by atoms with Crippen molar-refractivity contribution < 1.29 is 9.13 Å². The molecule has 0 atom stereocenters. The summed E-state index contributed by atoms with van der Waals surface area (Å²) in [5.74, 6) is 0.00316. The first-order chi connectivity index (χ1) is 6.57. The summed E-state index contributed by atoms with van der Waals surface area (Å²) in [6.45, 7) is 0. The van der Waals surface area contributed by atoms with E-state index in [1.54, 1.807) is 6.07 Å². The predicted octanol–water partition coefficient (Wildman–Crippen LogP) is 2.44. The minimum absolute atomic E-state index is 0.341. The lowest BCUT2D eigenvalue weighted by atomic mass is 10.1. The maximum absolute atomic E-state index is 13.5. The third-order valence-corrected chi connectivity index (χ3v) is 2.86. The Morgan fingerprint density at radius 3 is 2.64 bits per heavy atom. The van der Waals surface area contributed by atoms with E-state index in [-0.39, 0.29) is 5.82 Å². The minimum Gasteiger partial charge on any atom is -0.495 e. The highest BCUT2D eigenvalue weighted by Crippen LogP contribution is 2.45. The Kier molecular flexibility index (Phi) is 2.16. The van der Waals surface area contributed by atoms with Gasteiger partial charge in [-0.15, -0.1) is 0 Å². The van der Waals surface area contributed by atoms with Crippen molar-refractivity contribution in [3.63, 3.8) is 0 Å². The number of hydrogen-bond donors (Lipinski definition) is 1. The molecule has 0 spiro atoms. The van der Waals surface area contributed by atoms with E-state index < -0.39 is 5.54 Å². The molecule has 1 fully saturated rings. The third-order valence-electron chi connectivity index (χ3n) is 2.57. The molecule has 2 nitrogen and oxygen atoms in total. The normalized spacial score (nSPS) is 18.0. The van der Waals surface area contributed by atoms with Crippen LogP contribution in [0.3, 0.4) is 0 Å². The molecular weight excluding hydrogens is 205 g/mol. The SMILES string of the molecule is COc1cc(F)c(C2(N)CC2)cc1Cl. The summed E-state index contributed by atoms with van der Waals surface area (Å²) in [7, 11) is 1.45. The summed E-state index contributed by atoms with van der Waals surface area (Å²) in [6.07, 6.45) is 1.62. The van der Waals surface area contributed by atoms with Gasteiger partial charge in [0.1, 0.15) is 11.6 Å². The molecular formula is C10H11ClFNO. The number of hydrogen-bond acceptors (Lipinski definition) is 2. The molecule has 0 amide bonds. The lowest BCUT2D eigenvalue weighted by Gasteiger charge is -2.12. The maximum Gasteiger partial charge on any atom is 0.140 e. The fourth-order valence-corrected chi connectivity index (χ4v) is 1.71. The molecule has 0 bridgehead atoms. The van der Waals surface area contributed by atoms with Gasteiger partial charge in [-0.1, -0.05) is 11.6 Å². The molecule has 0 radical (unpaired) electrons. The number of nitrogens with two attached hydrogens (primary N) is 1. The second kappa shape index (κ2) is 3.11. The summed E-state index contributed by atoms with van der Waals surface area (Å²) in [5, 5.41) is 0.403. The first-order valence-corrected chi connectivity index (χ1v) is 4.77. The molecule has 4 heteroatoms. The van der Waals surface area contributed by atoms with E-state index in [2.05, 4.69) is 0 Å². The largest absolute Gasteiger partial charge is 0.495 e. The van der Waals surface area contributed by atoms with Gasteiger partial charge >= 0.3 is 0 Å². The molecule has 2 rings (SSSR count). The molecule has 14 heavy (non-hydrogen) atoms. The second-order valence-corrected chi connectivity index (χ2v) is 4.03. The monoisotopic (exact) mass is 215 g/mol. The van der Waals surface area contributed by atoms with E-state index in [0.29, 0.717) is 16.3 Å². The van der Waals surface area contributed by atoms with Gasteiger partial charge in [-0.2, -0.15) is 0 Å². The maximum atomic E-state index is 13.5. The average Bonchev–Trinajstić information content (AvgIpc) is 2.88. The molecule has 0 unspecified atom stereocenters. The Morgan fingerprint density at radius 1 is 1.50 bits per heavy atom. The van der Waals surface area contributed by atoms with Crippen molar-refractivity contribution in [1.82, 2.24) is 0 Å². The second-order valence-electron chi connectivity index (χ2n) is 3.62. The smallest absolute Gasteiger partial charge is 0.140 e. The summed E-state index contributed by atoms with van der Waals surface area (Å²) >= 11 is 5.89. The summed E-state index contributed by atoms with van der Waals surface area (Å²) in [6, 6.07) is 2.84. The highest BCUT2D eigenvalue weighted by atomic mass is 35.5. The molecule has 0 aromatic heterocycles. The van der Waals surface area contributed by atoms with Gasteiger partial charge in [0.15, 0.2) is 0 Å². The van der Waals surface area contributed by atoms with Crippen LogP contribution in [0.2, 0.25) is 5.02 Å². The Hall–Kier alpha value is -0.800. The van der Waals surface area contributed by atoms with E-state index in [9.17, 15) is 4.39 Å². The Bertz CT molecular complexity index is 377. The number of benzene rings is 1. The topological polar surface area (TPSA) is 35.2 Å². The number of ether oxygens (including phenoxy) is 1. The van der Waals surface area contributed by atoms with Crippen LogP contribution in [0.1, 0.15) is 18.4 Å². The van der Waals surface area contributed by atoms with E-state index in [0.717, 1.165) is 12.8 Å². The van der Waals surface area contributed by atoms with Gasteiger partial charge in [0.2, 0.25) is 0 Å². The van der Waals surface area contributed by atoms with E-state index >= 15 is 0 Å². The van der Waals surface area contributed by atoms with E-state index in [4.69, 9.17) is 22.1 Å². The summed E-state index contributed by atoms with van der Waals surface area (Å²) in [4.78, 5) is 0. The van der Waals surface area contributed by atoms with Crippen molar-refractivity contribution in [3.8, 4) is 5.75 Å². The molecule has 1 saturated carbocycles. The fraction of sp³-hybridized carbons (Fsp3) is 0.400. The van der Waals surface area contributed by atoms with Crippen LogP contribution >= 0.6 is 11.6 Å². The van der Waals surface area contributed by atoms with Crippen molar-refractivity contribution in [2.24, 2.45) is 5.73 Å². The van der Waals surface area contributed by atoms with Gasteiger partial charge in [0.05, 0.1) is 12.1 Å².